The van der Waals surface area contributed by atoms with Crippen LogP contribution in [0.25, 0.3) is 0 Å². The Balaban J connectivity index is 1.50. The van der Waals surface area contributed by atoms with E-state index in [-0.39, 0.29) is 5.41 Å². The van der Waals surface area contributed by atoms with E-state index in [1.807, 2.05) is 12.1 Å². The average Bonchev–Trinajstić information content (AvgIpc) is 2.97. The van der Waals surface area contributed by atoms with E-state index in [4.69, 9.17) is 4.74 Å². The Morgan fingerprint density at radius 3 is 2.57 bits per heavy atom. The van der Waals surface area contributed by atoms with E-state index in [1.54, 1.807) is 0 Å². The van der Waals surface area contributed by atoms with Crippen LogP contribution in [0.3, 0.4) is 0 Å². The molecule has 4 rings (SSSR count). The fourth-order valence-corrected chi connectivity index (χ4v) is 3.88. The molecular weight excluding hydrogens is 284 g/mol. The zero-order valence-electron chi connectivity index (χ0n) is 13.2. The van der Waals surface area contributed by atoms with Gasteiger partial charge in [0.1, 0.15) is 11.8 Å². The summed E-state index contributed by atoms with van der Waals surface area (Å²) in [5.74, 6) is 0.825. The zero-order valence-corrected chi connectivity index (χ0v) is 13.2. The largest absolute Gasteiger partial charge is 0.491 e. The summed E-state index contributed by atoms with van der Waals surface area (Å²) >= 11 is 0. The van der Waals surface area contributed by atoms with Crippen LogP contribution in [0.15, 0.2) is 48.5 Å². The number of likely N-dealkylation sites (tertiary alicyclic amines) is 1. The third-order valence-corrected chi connectivity index (χ3v) is 5.26. The van der Waals surface area contributed by atoms with Crippen LogP contribution in [-0.4, -0.2) is 24.6 Å². The highest BCUT2D eigenvalue weighted by atomic mass is 16.5. The molecule has 2 aromatic rings. The van der Waals surface area contributed by atoms with Gasteiger partial charge in [0.2, 0.25) is 0 Å². The van der Waals surface area contributed by atoms with E-state index in [9.17, 15) is 5.26 Å². The fraction of sp³-hybridized carbons (Fsp3) is 0.350. The highest BCUT2D eigenvalue weighted by Gasteiger charge is 2.43. The van der Waals surface area contributed by atoms with Gasteiger partial charge in [0.15, 0.2) is 0 Å². The maximum Gasteiger partial charge on any atom is 0.140 e. The van der Waals surface area contributed by atoms with Crippen molar-refractivity contribution in [3.63, 3.8) is 0 Å². The second-order valence-electron chi connectivity index (χ2n) is 6.62. The van der Waals surface area contributed by atoms with Crippen molar-refractivity contribution in [3.05, 3.63) is 65.2 Å². The Kier molecular flexibility index (Phi) is 3.55. The van der Waals surface area contributed by atoms with Crippen LogP contribution in [0.2, 0.25) is 0 Å². The summed E-state index contributed by atoms with van der Waals surface area (Å²) < 4.78 is 5.93. The molecule has 3 heteroatoms. The first kappa shape index (κ1) is 14.3. The van der Waals surface area contributed by atoms with Crippen LogP contribution >= 0.6 is 0 Å². The van der Waals surface area contributed by atoms with Gasteiger partial charge >= 0.3 is 0 Å². The van der Waals surface area contributed by atoms with E-state index in [1.165, 1.54) is 11.1 Å². The molecule has 0 saturated carbocycles. The second-order valence-corrected chi connectivity index (χ2v) is 6.62. The van der Waals surface area contributed by atoms with Gasteiger partial charge in [-0.2, -0.15) is 5.26 Å². The van der Waals surface area contributed by atoms with E-state index in [0.717, 1.165) is 44.8 Å². The Morgan fingerprint density at radius 2 is 1.83 bits per heavy atom. The fourth-order valence-electron chi connectivity index (χ4n) is 3.88. The number of rotatable bonds is 2. The highest BCUT2D eigenvalue weighted by Crippen LogP contribution is 2.46. The summed E-state index contributed by atoms with van der Waals surface area (Å²) in [6, 6.07) is 18.9. The maximum absolute atomic E-state index is 9.26. The maximum atomic E-state index is 9.26. The van der Waals surface area contributed by atoms with Crippen molar-refractivity contribution in [2.45, 2.75) is 24.8 Å². The van der Waals surface area contributed by atoms with Gasteiger partial charge in [-0.3, -0.25) is 4.90 Å². The van der Waals surface area contributed by atoms with Crippen molar-refractivity contribution in [1.29, 1.82) is 5.26 Å². The first-order chi connectivity index (χ1) is 11.3. The summed E-state index contributed by atoms with van der Waals surface area (Å²) in [5, 5.41) is 9.26. The first-order valence-electron chi connectivity index (χ1n) is 8.23. The molecule has 2 aromatic carbocycles. The second kappa shape index (κ2) is 5.72. The molecule has 2 aliphatic rings. The molecule has 0 unspecified atom stereocenters. The van der Waals surface area contributed by atoms with E-state index in [2.05, 4.69) is 47.4 Å². The van der Waals surface area contributed by atoms with Crippen molar-refractivity contribution < 1.29 is 4.74 Å². The minimum atomic E-state index is 0.107. The number of piperidine rings is 1. The Hall–Kier alpha value is -2.31. The quantitative estimate of drug-likeness (QED) is 0.852. The van der Waals surface area contributed by atoms with Gasteiger partial charge in [0, 0.05) is 17.5 Å². The van der Waals surface area contributed by atoms with Crippen LogP contribution in [0, 0.1) is 11.3 Å². The van der Waals surface area contributed by atoms with Gasteiger partial charge in [-0.1, -0.05) is 42.5 Å². The predicted molar refractivity (Wildman–Crippen MR) is 89.3 cm³/mol. The standard InChI is InChI=1S/C20H20N2O/c21-13-17-7-4-8-18-19(17)23-15-20(18)9-11-22(12-10-20)14-16-5-2-1-3-6-16/h1-8H,9-12,14-15H2. The van der Waals surface area contributed by atoms with E-state index < -0.39 is 0 Å². The van der Waals surface area contributed by atoms with Crippen LogP contribution in [0.4, 0.5) is 0 Å². The Morgan fingerprint density at radius 1 is 1.04 bits per heavy atom. The lowest BCUT2D eigenvalue weighted by Crippen LogP contribution is -2.43. The Labute approximate surface area is 137 Å². The SMILES string of the molecule is N#Cc1cccc2c1OCC21CCN(Cc2ccccc2)CC1. The first-order valence-corrected chi connectivity index (χ1v) is 8.23. The summed E-state index contributed by atoms with van der Waals surface area (Å²) in [5.41, 5.74) is 3.40. The molecule has 0 aromatic heterocycles. The number of benzene rings is 2. The Bertz CT molecular complexity index is 740. The van der Waals surface area contributed by atoms with E-state index in [0.29, 0.717) is 5.56 Å². The normalized spacial score (nSPS) is 19.1. The van der Waals surface area contributed by atoms with Crippen molar-refractivity contribution in [2.24, 2.45) is 0 Å². The molecule has 1 saturated heterocycles. The molecule has 0 bridgehead atoms. The van der Waals surface area contributed by atoms with Gasteiger partial charge in [-0.25, -0.2) is 0 Å². The molecule has 1 fully saturated rings. The molecule has 1 spiro atoms. The number of nitriles is 1. The molecular formula is C20H20N2O. The number of ether oxygens (including phenoxy) is 1. The molecule has 0 radical (unpaired) electrons. The minimum Gasteiger partial charge on any atom is -0.491 e. The topological polar surface area (TPSA) is 36.3 Å². The molecule has 0 amide bonds. The summed E-state index contributed by atoms with van der Waals surface area (Å²) in [7, 11) is 0. The third-order valence-electron chi connectivity index (χ3n) is 5.26. The van der Waals surface area contributed by atoms with Crippen molar-refractivity contribution in [3.8, 4) is 11.8 Å². The zero-order chi connectivity index (χ0) is 15.7. The molecule has 23 heavy (non-hydrogen) atoms. The van der Waals surface area contributed by atoms with Gasteiger partial charge < -0.3 is 4.74 Å². The highest BCUT2D eigenvalue weighted by molar-refractivity contribution is 5.54. The number of fused-ring (bicyclic) bond motifs is 2. The van der Waals surface area contributed by atoms with Gasteiger partial charge in [-0.15, -0.1) is 0 Å². The summed E-state index contributed by atoms with van der Waals surface area (Å²) in [6.07, 6.45) is 2.20. The number of para-hydroxylation sites is 1. The molecule has 3 nitrogen and oxygen atoms in total. The van der Waals surface area contributed by atoms with Crippen LogP contribution < -0.4 is 4.74 Å². The molecule has 2 heterocycles. The van der Waals surface area contributed by atoms with Crippen molar-refractivity contribution >= 4 is 0 Å². The van der Waals surface area contributed by atoms with Gasteiger partial charge in [-0.05, 0) is 37.6 Å². The lowest BCUT2D eigenvalue weighted by atomic mass is 9.74. The predicted octanol–water partition coefficient (Wildman–Crippen LogP) is 3.48. The molecule has 0 aliphatic carbocycles. The summed E-state index contributed by atoms with van der Waals surface area (Å²) in [6.45, 7) is 3.89. The summed E-state index contributed by atoms with van der Waals surface area (Å²) in [4.78, 5) is 2.52. The molecule has 2 aliphatic heterocycles. The molecule has 0 atom stereocenters. The van der Waals surface area contributed by atoms with Crippen LogP contribution in [-0.2, 0) is 12.0 Å². The average molecular weight is 304 g/mol. The van der Waals surface area contributed by atoms with Gasteiger partial charge in [0.25, 0.3) is 0 Å². The van der Waals surface area contributed by atoms with Crippen molar-refractivity contribution in [1.82, 2.24) is 4.90 Å². The van der Waals surface area contributed by atoms with E-state index >= 15 is 0 Å². The lowest BCUT2D eigenvalue weighted by Gasteiger charge is -2.38. The molecule has 116 valence electrons. The van der Waals surface area contributed by atoms with Crippen LogP contribution in [0.1, 0.15) is 29.5 Å². The third kappa shape index (κ3) is 2.50. The minimum absolute atomic E-state index is 0.107. The number of hydrogen-bond acceptors (Lipinski definition) is 3. The van der Waals surface area contributed by atoms with Gasteiger partial charge in [0.05, 0.1) is 12.2 Å². The number of hydrogen-bond donors (Lipinski definition) is 0. The smallest absolute Gasteiger partial charge is 0.140 e. The lowest BCUT2D eigenvalue weighted by molar-refractivity contribution is 0.130. The van der Waals surface area contributed by atoms with Crippen molar-refractivity contribution in [2.75, 3.05) is 19.7 Å². The number of nitrogens with zero attached hydrogens (tertiary/aromatic N) is 2. The van der Waals surface area contributed by atoms with Crippen LogP contribution in [0.5, 0.6) is 5.75 Å². The monoisotopic (exact) mass is 304 g/mol. The molecule has 0 N–H and O–H groups in total.